The molecule has 2 fully saturated rings. The van der Waals surface area contributed by atoms with Crippen molar-refractivity contribution >= 4 is 5.97 Å². The Kier molecular flexibility index (Phi) is 4.15. The highest BCUT2D eigenvalue weighted by atomic mass is 17.1. The molecular formula is C13H23NO5. The normalized spacial score (nSPS) is 42.6. The topological polar surface area (TPSA) is 102 Å². The summed E-state index contributed by atoms with van der Waals surface area (Å²) in [5, 5.41) is 19.3. The molecule has 1 aliphatic heterocycles. The number of aliphatic hydroxyl groups excluding tert-OH is 1. The highest BCUT2D eigenvalue weighted by Gasteiger charge is 2.66. The molecular weight excluding hydrogens is 250 g/mol. The smallest absolute Gasteiger partial charge is 0.313 e. The molecule has 19 heavy (non-hydrogen) atoms. The van der Waals surface area contributed by atoms with Gasteiger partial charge in [-0.15, -0.1) is 0 Å². The van der Waals surface area contributed by atoms with Gasteiger partial charge in [0.25, 0.3) is 0 Å². The van der Waals surface area contributed by atoms with E-state index in [0.717, 1.165) is 25.7 Å². The number of carbonyl (C=O) groups is 1. The number of rotatable bonds is 4. The highest BCUT2D eigenvalue weighted by Crippen LogP contribution is 2.49. The van der Waals surface area contributed by atoms with Gasteiger partial charge in [0.15, 0.2) is 5.60 Å². The van der Waals surface area contributed by atoms with Crippen LogP contribution in [0.25, 0.3) is 0 Å². The average molecular weight is 273 g/mol. The van der Waals surface area contributed by atoms with E-state index in [9.17, 15) is 15.2 Å². The lowest BCUT2D eigenvalue weighted by Crippen LogP contribution is -2.76. The first kappa shape index (κ1) is 14.7. The zero-order chi connectivity index (χ0) is 14.1. The first-order valence-electron chi connectivity index (χ1n) is 7.02. The number of fused-ring (bicyclic) bond motifs is 1. The minimum absolute atomic E-state index is 0.386. The lowest BCUT2D eigenvalue weighted by atomic mass is 9.60. The van der Waals surface area contributed by atoms with Gasteiger partial charge in [0, 0.05) is 0 Å². The van der Waals surface area contributed by atoms with Crippen LogP contribution in [0.2, 0.25) is 0 Å². The number of esters is 1. The van der Waals surface area contributed by atoms with Gasteiger partial charge in [-0.25, -0.2) is 4.89 Å². The van der Waals surface area contributed by atoms with Crippen molar-refractivity contribution in [1.29, 1.82) is 0 Å². The predicted octanol–water partition coefficient (Wildman–Crippen LogP) is 1.17. The molecule has 2 unspecified atom stereocenters. The minimum atomic E-state index is -1.51. The van der Waals surface area contributed by atoms with Crippen LogP contribution in [-0.2, 0) is 14.4 Å². The number of aliphatic hydroxyl groups is 1. The maximum atomic E-state index is 12.0. The third-order valence-corrected chi connectivity index (χ3v) is 4.72. The van der Waals surface area contributed by atoms with Crippen LogP contribution in [0.15, 0.2) is 0 Å². The molecule has 6 nitrogen and oxygen atoms in total. The Morgan fingerprint density at radius 1 is 1.47 bits per heavy atom. The predicted molar refractivity (Wildman–Crippen MR) is 66.9 cm³/mol. The van der Waals surface area contributed by atoms with Crippen molar-refractivity contribution in [3.05, 3.63) is 0 Å². The number of carbonyl (C=O) groups excluding carboxylic acids is 1. The summed E-state index contributed by atoms with van der Waals surface area (Å²) in [5.74, 6) is -1.03. The van der Waals surface area contributed by atoms with E-state index in [-0.39, 0.29) is 0 Å². The fourth-order valence-corrected chi connectivity index (χ4v) is 3.53. The first-order valence-corrected chi connectivity index (χ1v) is 7.02. The molecule has 2 aliphatic rings. The van der Waals surface area contributed by atoms with Gasteiger partial charge in [-0.3, -0.25) is 10.1 Å². The molecule has 0 radical (unpaired) electrons. The van der Waals surface area contributed by atoms with Gasteiger partial charge in [0.2, 0.25) is 6.29 Å². The monoisotopic (exact) mass is 273 g/mol. The molecule has 1 saturated carbocycles. The summed E-state index contributed by atoms with van der Waals surface area (Å²) in [7, 11) is 0. The van der Waals surface area contributed by atoms with E-state index in [1.165, 1.54) is 0 Å². The molecule has 0 aromatic rings. The fraction of sp³-hybridized carbons (Fsp3) is 0.923. The zero-order valence-electron chi connectivity index (χ0n) is 11.3. The molecule has 1 heterocycles. The SMILES string of the molecule is CCCCC1C(=O)OC(O)[C@@]2(OO)CCCC[C@@]12N. The van der Waals surface area contributed by atoms with Crippen molar-refractivity contribution in [3.63, 3.8) is 0 Å². The number of unbranched alkanes of at least 4 members (excludes halogenated alkanes) is 1. The molecule has 1 saturated heterocycles. The van der Waals surface area contributed by atoms with Gasteiger partial charge < -0.3 is 15.6 Å². The van der Waals surface area contributed by atoms with E-state index in [1.807, 2.05) is 6.92 Å². The van der Waals surface area contributed by atoms with Gasteiger partial charge in [0.1, 0.15) is 0 Å². The second-order valence-electron chi connectivity index (χ2n) is 5.71. The summed E-state index contributed by atoms with van der Waals surface area (Å²) in [6.07, 6.45) is 3.41. The Balaban J connectivity index is 2.36. The van der Waals surface area contributed by atoms with E-state index in [0.29, 0.717) is 19.3 Å². The van der Waals surface area contributed by atoms with Crippen LogP contribution in [0.1, 0.15) is 51.9 Å². The molecule has 0 spiro atoms. The lowest BCUT2D eigenvalue weighted by molar-refractivity contribution is -0.407. The quantitative estimate of drug-likeness (QED) is 0.404. The van der Waals surface area contributed by atoms with Gasteiger partial charge in [-0.1, -0.05) is 32.6 Å². The van der Waals surface area contributed by atoms with Gasteiger partial charge in [-0.2, -0.15) is 0 Å². The van der Waals surface area contributed by atoms with Crippen molar-refractivity contribution in [2.75, 3.05) is 0 Å². The Labute approximate surface area is 112 Å². The maximum absolute atomic E-state index is 12.0. The summed E-state index contributed by atoms with van der Waals surface area (Å²) < 4.78 is 4.98. The van der Waals surface area contributed by atoms with Crippen LogP contribution in [0, 0.1) is 5.92 Å². The molecule has 4 atom stereocenters. The van der Waals surface area contributed by atoms with E-state index in [1.54, 1.807) is 0 Å². The van der Waals surface area contributed by atoms with Crippen LogP contribution in [0.4, 0.5) is 0 Å². The standard InChI is InChI=1S/C13H23NO5/c1-2-3-6-9-10(15)18-11(16)13(19-17)8-5-4-7-12(9,13)14/h9,11,16-17H,2-8,14H2,1H3/t9?,11?,12-,13+/m1/s1. The van der Waals surface area contributed by atoms with Gasteiger partial charge in [-0.05, 0) is 19.3 Å². The van der Waals surface area contributed by atoms with Crippen molar-refractivity contribution in [2.24, 2.45) is 11.7 Å². The Bertz CT molecular complexity index is 350. The van der Waals surface area contributed by atoms with Crippen LogP contribution < -0.4 is 5.73 Å². The van der Waals surface area contributed by atoms with Crippen molar-refractivity contribution in [2.45, 2.75) is 69.3 Å². The molecule has 4 N–H and O–H groups in total. The molecule has 0 amide bonds. The fourth-order valence-electron chi connectivity index (χ4n) is 3.53. The summed E-state index contributed by atoms with van der Waals surface area (Å²) in [5.41, 5.74) is 3.97. The average Bonchev–Trinajstić information content (AvgIpc) is 2.38. The first-order chi connectivity index (χ1) is 9.02. The lowest BCUT2D eigenvalue weighted by Gasteiger charge is -2.56. The van der Waals surface area contributed by atoms with Crippen LogP contribution >= 0.6 is 0 Å². The van der Waals surface area contributed by atoms with Crippen molar-refractivity contribution < 1.29 is 24.8 Å². The summed E-state index contributed by atoms with van der Waals surface area (Å²) >= 11 is 0. The second-order valence-corrected chi connectivity index (χ2v) is 5.71. The molecule has 0 aromatic heterocycles. The number of hydrogen-bond acceptors (Lipinski definition) is 6. The van der Waals surface area contributed by atoms with E-state index in [2.05, 4.69) is 4.89 Å². The maximum Gasteiger partial charge on any atom is 0.313 e. The van der Waals surface area contributed by atoms with Crippen LogP contribution in [-0.4, -0.2) is 33.8 Å². The Morgan fingerprint density at radius 2 is 2.16 bits per heavy atom. The molecule has 2 rings (SSSR count). The van der Waals surface area contributed by atoms with E-state index < -0.39 is 29.3 Å². The third-order valence-electron chi connectivity index (χ3n) is 4.72. The molecule has 1 aliphatic carbocycles. The van der Waals surface area contributed by atoms with Gasteiger partial charge >= 0.3 is 5.97 Å². The minimum Gasteiger partial charge on any atom is -0.432 e. The van der Waals surface area contributed by atoms with Crippen LogP contribution in [0.3, 0.4) is 0 Å². The Hall–Kier alpha value is -0.690. The molecule has 0 aromatic carbocycles. The third kappa shape index (κ3) is 2.07. The summed E-state index contributed by atoms with van der Waals surface area (Å²) in [6.45, 7) is 2.03. The highest BCUT2D eigenvalue weighted by molar-refractivity contribution is 5.76. The van der Waals surface area contributed by atoms with Gasteiger partial charge in [0.05, 0.1) is 11.5 Å². The summed E-state index contributed by atoms with van der Waals surface area (Å²) in [4.78, 5) is 16.6. The molecule has 6 heteroatoms. The number of cyclic esters (lactones) is 1. The number of ether oxygens (including phenoxy) is 1. The van der Waals surface area contributed by atoms with E-state index >= 15 is 0 Å². The van der Waals surface area contributed by atoms with E-state index in [4.69, 9.17) is 10.5 Å². The van der Waals surface area contributed by atoms with Crippen molar-refractivity contribution in [3.8, 4) is 0 Å². The zero-order valence-corrected chi connectivity index (χ0v) is 11.3. The largest absolute Gasteiger partial charge is 0.432 e. The Morgan fingerprint density at radius 3 is 2.79 bits per heavy atom. The van der Waals surface area contributed by atoms with Crippen LogP contribution in [0.5, 0.6) is 0 Å². The van der Waals surface area contributed by atoms with Crippen molar-refractivity contribution in [1.82, 2.24) is 0 Å². The summed E-state index contributed by atoms with van der Waals surface area (Å²) in [6, 6.07) is 0. The second kappa shape index (κ2) is 5.36. The molecule has 110 valence electrons. The molecule has 0 bridgehead atoms. The number of nitrogens with two attached hydrogens (primary N) is 1. The number of hydrogen-bond donors (Lipinski definition) is 3.